The van der Waals surface area contributed by atoms with Crippen molar-refractivity contribution in [1.29, 1.82) is 0 Å². The van der Waals surface area contributed by atoms with Gasteiger partial charge in [0.05, 0.1) is 27.6 Å². The van der Waals surface area contributed by atoms with Crippen LogP contribution in [-0.2, 0) is 16.6 Å². The van der Waals surface area contributed by atoms with Crippen molar-refractivity contribution in [1.82, 2.24) is 9.97 Å². The summed E-state index contributed by atoms with van der Waals surface area (Å²) in [7, 11) is 0.767. The van der Waals surface area contributed by atoms with Gasteiger partial charge in [-0.2, -0.15) is 0 Å². The zero-order valence-electron chi connectivity index (χ0n) is 15.2. The summed E-state index contributed by atoms with van der Waals surface area (Å²) in [5.41, 5.74) is 5.35. The summed E-state index contributed by atoms with van der Waals surface area (Å²) in [5.74, 6) is 0.599. The number of aryl methyl sites for hydroxylation is 1. The number of anilines is 1. The van der Waals surface area contributed by atoms with Crippen molar-refractivity contribution in [3.63, 3.8) is 0 Å². The normalized spacial score (nSPS) is 18.2. The quantitative estimate of drug-likeness (QED) is 0.748. The van der Waals surface area contributed by atoms with E-state index in [4.69, 9.17) is 0 Å². The third-order valence-corrected chi connectivity index (χ3v) is 6.40. The lowest BCUT2D eigenvalue weighted by Crippen LogP contribution is -2.27. The average Bonchev–Trinajstić information content (AvgIpc) is 3.01. The molecule has 2 heterocycles. The monoisotopic (exact) mass is 371 g/mol. The van der Waals surface area contributed by atoms with Gasteiger partial charge in [0, 0.05) is 25.3 Å². The maximum absolute atomic E-state index is 13.7. The van der Waals surface area contributed by atoms with Gasteiger partial charge in [0.2, 0.25) is 0 Å². The van der Waals surface area contributed by atoms with Crippen LogP contribution in [0, 0.1) is 12.7 Å². The van der Waals surface area contributed by atoms with Crippen molar-refractivity contribution in [2.45, 2.75) is 37.1 Å². The van der Waals surface area contributed by atoms with Crippen LogP contribution >= 0.6 is 0 Å². The number of hydrogen-bond donors (Lipinski definition) is 1. The summed E-state index contributed by atoms with van der Waals surface area (Å²) in [4.78, 5) is 9.69. The number of imidazole rings is 1. The Bertz CT molecular complexity index is 975. The molecule has 0 radical (unpaired) electrons. The number of hydrogen-bond acceptors (Lipinski definition) is 3. The minimum Gasteiger partial charge on any atom is -0.374 e. The average molecular weight is 371 g/mol. The van der Waals surface area contributed by atoms with Crippen LogP contribution < -0.4 is 4.90 Å². The van der Waals surface area contributed by atoms with E-state index in [2.05, 4.69) is 34.9 Å². The Hall–Kier alpha value is -2.21. The molecule has 0 saturated heterocycles. The fraction of sp³-hybridized carbons (Fsp3) is 0.350. The van der Waals surface area contributed by atoms with Crippen LogP contribution in [0.25, 0.3) is 11.0 Å². The molecule has 4 nitrogen and oxygen atoms in total. The number of H-pyrrole nitrogens is 1. The smallest absolute Gasteiger partial charge is 0.197 e. The van der Waals surface area contributed by atoms with Crippen molar-refractivity contribution < 1.29 is 8.60 Å². The van der Waals surface area contributed by atoms with Gasteiger partial charge in [0.1, 0.15) is 5.82 Å². The highest BCUT2D eigenvalue weighted by Gasteiger charge is 2.24. The molecule has 4 rings (SSSR count). The first-order chi connectivity index (χ1) is 12.4. The molecular formula is C20H22FN3OS. The molecule has 0 bridgehead atoms. The molecule has 136 valence electrons. The third-order valence-electron chi connectivity index (χ3n) is 5.20. The second kappa shape index (κ2) is 6.50. The van der Waals surface area contributed by atoms with Gasteiger partial charge in [0.25, 0.3) is 0 Å². The lowest BCUT2D eigenvalue weighted by atomic mass is 9.90. The second-order valence-electron chi connectivity index (χ2n) is 7.12. The van der Waals surface area contributed by atoms with Crippen LogP contribution in [0.4, 0.5) is 10.1 Å². The Morgan fingerprint density at radius 1 is 1.38 bits per heavy atom. The first kappa shape index (κ1) is 17.2. The fourth-order valence-corrected chi connectivity index (χ4v) is 4.76. The highest BCUT2D eigenvalue weighted by Crippen LogP contribution is 2.37. The molecule has 1 N–H and O–H groups in total. The highest BCUT2D eigenvalue weighted by molar-refractivity contribution is 7.84. The zero-order valence-corrected chi connectivity index (χ0v) is 16.0. The van der Waals surface area contributed by atoms with Crippen molar-refractivity contribution >= 4 is 27.5 Å². The Labute approximate surface area is 154 Å². The molecular weight excluding hydrogens is 349 g/mol. The van der Waals surface area contributed by atoms with Gasteiger partial charge in [-0.25, -0.2) is 9.37 Å². The molecule has 0 spiro atoms. The largest absolute Gasteiger partial charge is 0.374 e. The highest BCUT2D eigenvalue weighted by atomic mass is 32.2. The van der Waals surface area contributed by atoms with E-state index >= 15 is 0 Å². The zero-order chi connectivity index (χ0) is 18.4. The standard InChI is InChI=1S/C20H22FN3OS/c1-12-7-8-24(3)19-14(5-4-6-15(12)19)11-26(25)20-22-17-9-13(2)16(21)10-18(17)23-20/h4-6,9-10,12H,7-8,11H2,1-3H3,(H,22,23). The van der Waals surface area contributed by atoms with Crippen LogP contribution in [-0.4, -0.2) is 27.8 Å². The van der Waals surface area contributed by atoms with Crippen LogP contribution in [0.15, 0.2) is 35.5 Å². The fourth-order valence-electron chi connectivity index (χ4n) is 3.68. The number of para-hydroxylation sites is 1. The van der Waals surface area contributed by atoms with Crippen LogP contribution in [0.1, 0.15) is 36.0 Å². The van der Waals surface area contributed by atoms with E-state index in [1.54, 1.807) is 13.0 Å². The van der Waals surface area contributed by atoms with Gasteiger partial charge < -0.3 is 9.88 Å². The van der Waals surface area contributed by atoms with E-state index in [9.17, 15) is 8.60 Å². The van der Waals surface area contributed by atoms with E-state index in [0.29, 0.717) is 33.4 Å². The Balaban J connectivity index is 1.68. The molecule has 1 aromatic heterocycles. The summed E-state index contributed by atoms with van der Waals surface area (Å²) >= 11 is 0. The number of halogens is 1. The predicted molar refractivity (Wildman–Crippen MR) is 104 cm³/mol. The van der Waals surface area contributed by atoms with Crippen molar-refractivity contribution in [3.05, 3.63) is 52.8 Å². The molecule has 0 aliphatic carbocycles. The van der Waals surface area contributed by atoms with E-state index in [1.165, 1.54) is 17.3 Å². The summed E-state index contributed by atoms with van der Waals surface area (Å²) < 4.78 is 26.7. The number of nitrogens with zero attached hydrogens (tertiary/aromatic N) is 2. The van der Waals surface area contributed by atoms with Gasteiger partial charge in [0.15, 0.2) is 5.16 Å². The first-order valence-electron chi connectivity index (χ1n) is 8.81. The minimum atomic E-state index is -1.32. The van der Waals surface area contributed by atoms with E-state index < -0.39 is 10.8 Å². The topological polar surface area (TPSA) is 49.0 Å². The van der Waals surface area contributed by atoms with E-state index in [0.717, 1.165) is 18.5 Å². The molecule has 1 aliphatic rings. The Kier molecular flexibility index (Phi) is 4.31. The summed E-state index contributed by atoms with van der Waals surface area (Å²) in [5, 5.41) is 0.397. The Morgan fingerprint density at radius 2 is 2.19 bits per heavy atom. The number of fused-ring (bicyclic) bond motifs is 2. The lowest BCUT2D eigenvalue weighted by molar-refractivity contribution is 0.620. The Morgan fingerprint density at radius 3 is 3.00 bits per heavy atom. The molecule has 6 heteroatoms. The van der Waals surface area contributed by atoms with Crippen molar-refractivity contribution in [2.75, 3.05) is 18.5 Å². The van der Waals surface area contributed by atoms with Crippen LogP contribution in [0.5, 0.6) is 0 Å². The first-order valence-corrected chi connectivity index (χ1v) is 10.1. The van der Waals surface area contributed by atoms with Crippen molar-refractivity contribution in [3.8, 4) is 0 Å². The molecule has 3 aromatic rings. The lowest BCUT2D eigenvalue weighted by Gasteiger charge is -2.33. The van der Waals surface area contributed by atoms with Gasteiger partial charge in [-0.15, -0.1) is 0 Å². The maximum Gasteiger partial charge on any atom is 0.197 e. The molecule has 26 heavy (non-hydrogen) atoms. The van der Waals surface area contributed by atoms with Gasteiger partial charge in [-0.05, 0) is 42.0 Å². The molecule has 0 saturated carbocycles. The second-order valence-corrected chi connectivity index (χ2v) is 8.48. The third kappa shape index (κ3) is 2.92. The summed E-state index contributed by atoms with van der Waals surface area (Å²) in [6.07, 6.45) is 1.13. The summed E-state index contributed by atoms with van der Waals surface area (Å²) in [6, 6.07) is 9.34. The molecule has 0 fully saturated rings. The van der Waals surface area contributed by atoms with Crippen molar-refractivity contribution in [2.24, 2.45) is 0 Å². The molecule has 2 aromatic carbocycles. The molecule has 1 aliphatic heterocycles. The number of aromatic amines is 1. The van der Waals surface area contributed by atoms with E-state index in [-0.39, 0.29) is 5.82 Å². The van der Waals surface area contributed by atoms with Gasteiger partial charge in [-0.3, -0.25) is 4.21 Å². The van der Waals surface area contributed by atoms with Crippen LogP contribution in [0.3, 0.4) is 0 Å². The molecule has 0 amide bonds. The predicted octanol–water partition coefficient (Wildman–Crippen LogP) is 4.26. The maximum atomic E-state index is 13.7. The minimum absolute atomic E-state index is 0.297. The SMILES string of the molecule is Cc1cc2[nH]c(S(=O)Cc3cccc4c3N(C)CCC4C)nc2cc1F. The molecule has 2 atom stereocenters. The van der Waals surface area contributed by atoms with Crippen LogP contribution in [0.2, 0.25) is 0 Å². The molecule has 2 unspecified atom stereocenters. The van der Waals surface area contributed by atoms with Gasteiger partial charge >= 0.3 is 0 Å². The number of rotatable bonds is 3. The van der Waals surface area contributed by atoms with E-state index in [1.807, 2.05) is 12.1 Å². The number of benzene rings is 2. The van der Waals surface area contributed by atoms with Gasteiger partial charge in [-0.1, -0.05) is 25.1 Å². The number of nitrogens with one attached hydrogen (secondary N) is 1. The summed E-state index contributed by atoms with van der Waals surface area (Å²) in [6.45, 7) is 4.95. The number of aromatic nitrogens is 2.